The SMILES string of the molecule is CCCN=C(NN)C1(c2ccccc2)CC1. The Bertz CT molecular complexity index is 366. The Morgan fingerprint density at radius 1 is 1.38 bits per heavy atom. The summed E-state index contributed by atoms with van der Waals surface area (Å²) in [4.78, 5) is 4.55. The van der Waals surface area contributed by atoms with Gasteiger partial charge in [-0.2, -0.15) is 0 Å². The van der Waals surface area contributed by atoms with Gasteiger partial charge in [-0.3, -0.25) is 4.99 Å². The quantitative estimate of drug-likeness (QED) is 0.351. The zero-order valence-electron chi connectivity index (χ0n) is 9.74. The summed E-state index contributed by atoms with van der Waals surface area (Å²) in [6.07, 6.45) is 3.34. The van der Waals surface area contributed by atoms with Crippen LogP contribution in [-0.2, 0) is 5.41 Å². The van der Waals surface area contributed by atoms with Crippen molar-refractivity contribution in [2.24, 2.45) is 10.8 Å². The van der Waals surface area contributed by atoms with Crippen molar-refractivity contribution in [2.45, 2.75) is 31.6 Å². The highest BCUT2D eigenvalue weighted by molar-refractivity contribution is 5.95. The largest absolute Gasteiger partial charge is 0.312 e. The summed E-state index contributed by atoms with van der Waals surface area (Å²) in [5, 5.41) is 0. The molecular formula is C13H19N3. The van der Waals surface area contributed by atoms with Crippen molar-refractivity contribution in [3.63, 3.8) is 0 Å². The molecule has 0 aliphatic heterocycles. The minimum Gasteiger partial charge on any atom is -0.312 e. The third-order valence-electron chi connectivity index (χ3n) is 3.16. The summed E-state index contributed by atoms with van der Waals surface area (Å²) in [5.41, 5.74) is 4.18. The van der Waals surface area contributed by atoms with E-state index in [-0.39, 0.29) is 5.41 Å². The first-order chi connectivity index (χ1) is 7.83. The number of hydrogen-bond donors (Lipinski definition) is 2. The molecule has 3 nitrogen and oxygen atoms in total. The van der Waals surface area contributed by atoms with Gasteiger partial charge in [0.15, 0.2) is 0 Å². The van der Waals surface area contributed by atoms with Crippen LogP contribution in [0.1, 0.15) is 31.7 Å². The van der Waals surface area contributed by atoms with Gasteiger partial charge >= 0.3 is 0 Å². The summed E-state index contributed by atoms with van der Waals surface area (Å²) in [5.74, 6) is 6.54. The highest BCUT2D eigenvalue weighted by Gasteiger charge is 2.48. The molecule has 0 heterocycles. The molecule has 0 radical (unpaired) electrons. The van der Waals surface area contributed by atoms with E-state index in [4.69, 9.17) is 5.84 Å². The Kier molecular flexibility index (Phi) is 3.25. The molecule has 1 fully saturated rings. The monoisotopic (exact) mass is 217 g/mol. The summed E-state index contributed by atoms with van der Waals surface area (Å²) >= 11 is 0. The third kappa shape index (κ3) is 1.95. The van der Waals surface area contributed by atoms with Crippen LogP contribution in [-0.4, -0.2) is 12.4 Å². The Morgan fingerprint density at radius 3 is 2.56 bits per heavy atom. The molecule has 1 aliphatic rings. The van der Waals surface area contributed by atoms with Gasteiger partial charge in [-0.05, 0) is 24.8 Å². The van der Waals surface area contributed by atoms with E-state index in [2.05, 4.69) is 41.6 Å². The van der Waals surface area contributed by atoms with Crippen molar-refractivity contribution in [1.82, 2.24) is 5.43 Å². The van der Waals surface area contributed by atoms with E-state index < -0.39 is 0 Å². The molecule has 0 saturated heterocycles. The number of hydrazine groups is 1. The van der Waals surface area contributed by atoms with Gasteiger partial charge in [0.25, 0.3) is 0 Å². The lowest BCUT2D eigenvalue weighted by Crippen LogP contribution is -2.39. The van der Waals surface area contributed by atoms with Crippen LogP contribution < -0.4 is 11.3 Å². The van der Waals surface area contributed by atoms with Gasteiger partial charge in [0.1, 0.15) is 5.84 Å². The molecule has 1 saturated carbocycles. The van der Waals surface area contributed by atoms with E-state index >= 15 is 0 Å². The highest BCUT2D eigenvalue weighted by atomic mass is 15.3. The van der Waals surface area contributed by atoms with E-state index in [0.717, 1.165) is 31.6 Å². The molecule has 0 aromatic heterocycles. The van der Waals surface area contributed by atoms with Crippen molar-refractivity contribution >= 4 is 5.84 Å². The van der Waals surface area contributed by atoms with Crippen LogP contribution >= 0.6 is 0 Å². The number of benzene rings is 1. The molecule has 1 aromatic carbocycles. The van der Waals surface area contributed by atoms with Crippen molar-refractivity contribution in [3.05, 3.63) is 35.9 Å². The third-order valence-corrected chi connectivity index (χ3v) is 3.16. The molecule has 0 spiro atoms. The maximum atomic E-state index is 5.60. The van der Waals surface area contributed by atoms with Crippen molar-refractivity contribution < 1.29 is 0 Å². The summed E-state index contributed by atoms with van der Waals surface area (Å²) in [7, 11) is 0. The molecule has 1 aliphatic carbocycles. The smallest absolute Gasteiger partial charge is 0.121 e. The first kappa shape index (κ1) is 11.1. The number of aliphatic imine (C=N–C) groups is 1. The van der Waals surface area contributed by atoms with Gasteiger partial charge in [-0.15, -0.1) is 0 Å². The molecular weight excluding hydrogens is 198 g/mol. The van der Waals surface area contributed by atoms with Crippen molar-refractivity contribution in [2.75, 3.05) is 6.54 Å². The van der Waals surface area contributed by atoms with Gasteiger partial charge < -0.3 is 5.43 Å². The number of rotatable bonds is 4. The minimum absolute atomic E-state index is 0.0746. The van der Waals surface area contributed by atoms with Gasteiger partial charge in [0.05, 0.1) is 5.41 Å². The molecule has 0 bridgehead atoms. The molecule has 16 heavy (non-hydrogen) atoms. The summed E-state index contributed by atoms with van der Waals surface area (Å²) in [6, 6.07) is 10.5. The molecule has 3 N–H and O–H groups in total. The van der Waals surface area contributed by atoms with Gasteiger partial charge in [-0.1, -0.05) is 37.3 Å². The molecule has 1 aromatic rings. The lowest BCUT2D eigenvalue weighted by atomic mass is 9.95. The number of nitrogens with zero attached hydrogens (tertiary/aromatic N) is 1. The minimum atomic E-state index is 0.0746. The number of nitrogens with one attached hydrogen (secondary N) is 1. The summed E-state index contributed by atoms with van der Waals surface area (Å²) < 4.78 is 0. The van der Waals surface area contributed by atoms with Crippen molar-refractivity contribution in [1.29, 1.82) is 0 Å². The lowest BCUT2D eigenvalue weighted by molar-refractivity contribution is 0.820. The second-order valence-electron chi connectivity index (χ2n) is 4.32. The molecule has 86 valence electrons. The second kappa shape index (κ2) is 4.66. The van der Waals surface area contributed by atoms with Gasteiger partial charge in [-0.25, -0.2) is 5.84 Å². The molecule has 0 unspecified atom stereocenters. The predicted octanol–water partition coefficient (Wildman–Crippen LogP) is 1.99. The zero-order valence-corrected chi connectivity index (χ0v) is 9.74. The Morgan fingerprint density at radius 2 is 2.06 bits per heavy atom. The van der Waals surface area contributed by atoms with Crippen LogP contribution in [0.4, 0.5) is 0 Å². The van der Waals surface area contributed by atoms with Crippen LogP contribution in [0, 0.1) is 0 Å². The van der Waals surface area contributed by atoms with E-state index in [0.29, 0.717) is 0 Å². The number of nitrogens with two attached hydrogens (primary N) is 1. The predicted molar refractivity (Wildman–Crippen MR) is 67.3 cm³/mol. The fourth-order valence-electron chi connectivity index (χ4n) is 2.10. The zero-order chi connectivity index (χ0) is 11.4. The summed E-state index contributed by atoms with van der Waals surface area (Å²) in [6.45, 7) is 2.97. The molecule has 2 rings (SSSR count). The molecule has 0 amide bonds. The van der Waals surface area contributed by atoms with Crippen LogP contribution in [0.2, 0.25) is 0 Å². The Balaban J connectivity index is 2.25. The highest BCUT2D eigenvalue weighted by Crippen LogP contribution is 2.48. The average molecular weight is 217 g/mol. The van der Waals surface area contributed by atoms with E-state index in [9.17, 15) is 0 Å². The first-order valence-corrected chi connectivity index (χ1v) is 5.90. The van der Waals surface area contributed by atoms with Crippen LogP contribution in [0.5, 0.6) is 0 Å². The fraction of sp³-hybridized carbons (Fsp3) is 0.462. The first-order valence-electron chi connectivity index (χ1n) is 5.90. The Hall–Kier alpha value is -1.35. The van der Waals surface area contributed by atoms with Crippen LogP contribution in [0.3, 0.4) is 0 Å². The second-order valence-corrected chi connectivity index (χ2v) is 4.32. The Labute approximate surface area is 96.7 Å². The van der Waals surface area contributed by atoms with Gasteiger partial charge in [0, 0.05) is 6.54 Å². The maximum absolute atomic E-state index is 5.60. The molecule has 0 atom stereocenters. The topological polar surface area (TPSA) is 50.4 Å². The van der Waals surface area contributed by atoms with Crippen molar-refractivity contribution in [3.8, 4) is 0 Å². The number of amidine groups is 1. The number of hydrogen-bond acceptors (Lipinski definition) is 2. The fourth-order valence-corrected chi connectivity index (χ4v) is 2.10. The van der Waals surface area contributed by atoms with Crippen LogP contribution in [0.15, 0.2) is 35.3 Å². The normalized spacial score (nSPS) is 18.2. The van der Waals surface area contributed by atoms with E-state index in [1.165, 1.54) is 5.56 Å². The van der Waals surface area contributed by atoms with E-state index in [1.807, 2.05) is 6.07 Å². The van der Waals surface area contributed by atoms with E-state index in [1.54, 1.807) is 0 Å². The van der Waals surface area contributed by atoms with Crippen LogP contribution in [0.25, 0.3) is 0 Å². The lowest BCUT2D eigenvalue weighted by Gasteiger charge is -2.18. The standard InChI is InChI=1S/C13H19N3/c1-2-10-15-12(16-14)13(8-9-13)11-6-4-3-5-7-11/h3-7H,2,8-10,14H2,1H3,(H,15,16). The maximum Gasteiger partial charge on any atom is 0.121 e. The van der Waals surface area contributed by atoms with Gasteiger partial charge in [0.2, 0.25) is 0 Å². The average Bonchev–Trinajstić information content (AvgIpc) is 3.13. The molecule has 3 heteroatoms.